The minimum Gasteiger partial charge on any atom is -0.374 e. The first kappa shape index (κ1) is 62.6. The number of amides is 1. The Kier molecular flexibility index (Phi) is 32.2. The number of benzene rings is 4. The third-order valence-electron chi connectivity index (χ3n) is 14.5. The second kappa shape index (κ2) is 39.1. The maximum atomic E-state index is 16.1. The first-order valence-corrected chi connectivity index (χ1v) is 29.5. The van der Waals surface area contributed by atoms with Crippen molar-refractivity contribution in [1.82, 2.24) is 5.32 Å². The number of allylic oxidation sites excluding steroid dienone is 1. The van der Waals surface area contributed by atoms with E-state index in [-0.39, 0.29) is 32.8 Å². The number of hydrogen-bond donors (Lipinski definition) is 1. The predicted octanol–water partition coefficient (Wildman–Crippen LogP) is 16.8. The molecule has 1 saturated heterocycles. The van der Waals surface area contributed by atoms with E-state index < -0.39 is 61.6 Å². The van der Waals surface area contributed by atoms with Crippen molar-refractivity contribution >= 4 is 5.91 Å². The average Bonchev–Trinajstić information content (AvgIpc) is 3.44. The van der Waals surface area contributed by atoms with E-state index in [4.69, 9.17) is 28.4 Å². The molecule has 420 valence electrons. The van der Waals surface area contributed by atoms with Gasteiger partial charge in [0.25, 0.3) is 5.92 Å². The van der Waals surface area contributed by atoms with Gasteiger partial charge in [0.1, 0.15) is 30.5 Å². The van der Waals surface area contributed by atoms with Gasteiger partial charge in [0.2, 0.25) is 5.91 Å². The molecule has 0 aliphatic carbocycles. The van der Waals surface area contributed by atoms with E-state index in [0.717, 1.165) is 41.5 Å². The summed E-state index contributed by atoms with van der Waals surface area (Å²) in [7, 11) is 0. The lowest BCUT2D eigenvalue weighted by molar-refractivity contribution is -0.330. The van der Waals surface area contributed by atoms with E-state index in [9.17, 15) is 4.79 Å². The van der Waals surface area contributed by atoms with Crippen LogP contribution in [0.3, 0.4) is 0 Å². The highest BCUT2D eigenvalue weighted by molar-refractivity contribution is 5.76. The minimum atomic E-state index is -3.36. The second-order valence-electron chi connectivity index (χ2n) is 21.1. The van der Waals surface area contributed by atoms with Gasteiger partial charge in [0.05, 0.1) is 39.6 Å². The lowest BCUT2D eigenvalue weighted by atomic mass is 9.97. The Bertz CT molecular complexity index is 2030. The van der Waals surface area contributed by atoms with Gasteiger partial charge in [-0.15, -0.1) is 6.58 Å². The van der Waals surface area contributed by atoms with E-state index in [1.165, 1.54) is 128 Å². The number of halogens is 2. The molecule has 0 radical (unpaired) electrons. The summed E-state index contributed by atoms with van der Waals surface area (Å²) in [6, 6.07) is 37.5. The molecule has 5 rings (SSSR count). The van der Waals surface area contributed by atoms with Crippen molar-refractivity contribution in [2.75, 3.05) is 13.2 Å². The molecule has 76 heavy (non-hydrogen) atoms. The Morgan fingerprint density at radius 3 is 1.30 bits per heavy atom. The Balaban J connectivity index is 1.13. The summed E-state index contributed by atoms with van der Waals surface area (Å²) in [6.07, 6.45) is 25.8. The Labute approximate surface area is 457 Å². The highest BCUT2D eigenvalue weighted by atomic mass is 19.3. The van der Waals surface area contributed by atoms with Crippen molar-refractivity contribution in [3.63, 3.8) is 0 Å². The van der Waals surface area contributed by atoms with Crippen LogP contribution in [0, 0.1) is 0 Å². The summed E-state index contributed by atoms with van der Waals surface area (Å²) < 4.78 is 71.9. The largest absolute Gasteiger partial charge is 0.374 e. The summed E-state index contributed by atoms with van der Waals surface area (Å²) in [5.41, 5.74) is 3.76. The van der Waals surface area contributed by atoms with Crippen LogP contribution >= 0.6 is 0 Å². The van der Waals surface area contributed by atoms with Crippen LogP contribution in [-0.4, -0.2) is 61.8 Å². The molecule has 0 aromatic heterocycles. The fourth-order valence-electron chi connectivity index (χ4n) is 10.0. The van der Waals surface area contributed by atoms with Gasteiger partial charge in [0, 0.05) is 12.8 Å². The van der Waals surface area contributed by atoms with Crippen molar-refractivity contribution in [1.29, 1.82) is 0 Å². The van der Waals surface area contributed by atoms with Crippen LogP contribution in [0.5, 0.6) is 0 Å². The second-order valence-corrected chi connectivity index (χ2v) is 21.1. The molecule has 1 heterocycles. The molecule has 1 amide bonds. The molecule has 6 atom stereocenters. The maximum Gasteiger partial charge on any atom is 0.273 e. The summed E-state index contributed by atoms with van der Waals surface area (Å²) in [6.45, 7) is 6.33. The Hall–Kier alpha value is -4.29. The number of carbonyl (C=O) groups excluding carboxylic acids is 1. The highest BCUT2D eigenvalue weighted by Crippen LogP contribution is 2.33. The molecule has 1 N–H and O–H groups in total. The number of ether oxygens (including phenoxy) is 6. The molecule has 0 bridgehead atoms. The van der Waals surface area contributed by atoms with Gasteiger partial charge in [-0.1, -0.05) is 276 Å². The third kappa shape index (κ3) is 25.9. The molecule has 1 fully saturated rings. The molecule has 1 aliphatic rings. The van der Waals surface area contributed by atoms with Gasteiger partial charge in [-0.3, -0.25) is 4.79 Å². The first-order chi connectivity index (χ1) is 37.4. The van der Waals surface area contributed by atoms with E-state index in [0.29, 0.717) is 13.0 Å². The van der Waals surface area contributed by atoms with Gasteiger partial charge in [0.15, 0.2) is 6.29 Å². The molecule has 4 aromatic carbocycles. The highest BCUT2D eigenvalue weighted by Gasteiger charge is 2.50. The minimum absolute atomic E-state index is 0.0805. The van der Waals surface area contributed by atoms with Crippen LogP contribution in [0.1, 0.15) is 190 Å². The Morgan fingerprint density at radius 2 is 0.895 bits per heavy atom. The molecule has 8 nitrogen and oxygen atoms in total. The van der Waals surface area contributed by atoms with Crippen molar-refractivity contribution < 1.29 is 42.0 Å². The molecular formula is C66H95F2NO7. The van der Waals surface area contributed by atoms with E-state index >= 15 is 8.78 Å². The van der Waals surface area contributed by atoms with Crippen LogP contribution in [0.15, 0.2) is 134 Å². The monoisotopic (exact) mass is 1050 g/mol. The maximum absolute atomic E-state index is 16.1. The fraction of sp³-hybridized carbons (Fsp3) is 0.591. The summed E-state index contributed by atoms with van der Waals surface area (Å²) >= 11 is 0. The third-order valence-corrected chi connectivity index (χ3v) is 14.5. The molecular weight excluding hydrogens is 957 g/mol. The Morgan fingerprint density at radius 1 is 0.526 bits per heavy atom. The number of hydrogen-bond acceptors (Lipinski definition) is 7. The quantitative estimate of drug-likeness (QED) is 0.0349. The van der Waals surface area contributed by atoms with E-state index in [2.05, 4.69) is 18.8 Å². The molecule has 1 aliphatic heterocycles. The zero-order valence-corrected chi connectivity index (χ0v) is 46.3. The standard InChI is InChI=1S/C66H95F2NO7/c1-3-5-6-7-8-9-10-11-12-13-14-15-16-17-18-19-20-21-22-23-24-25-38-47-61(70)69-60(66(67,68)48-4-2)54-75-65-64(74-52-58-45-36-29-37-46-58)63(73-51-57-43-34-28-35-44-57)62(72-50-56-41-32-27-33-42-56)59(76-65)53-71-49-55-39-30-26-31-40-55/h4,26-37,39-46,59-60,62-65H,2-3,5-25,38,47-54H2,1H3,(H,69,70)/t59-,60+,62+,63+,64-,65+/m1/s1. The van der Waals surface area contributed by atoms with Crippen LogP contribution in [0.2, 0.25) is 0 Å². The average molecular weight is 1050 g/mol. The topological polar surface area (TPSA) is 84.5 Å². The zero-order valence-electron chi connectivity index (χ0n) is 46.3. The molecule has 0 saturated carbocycles. The van der Waals surface area contributed by atoms with Crippen LogP contribution in [0.25, 0.3) is 0 Å². The number of carbonyl (C=O) groups is 1. The van der Waals surface area contributed by atoms with Crippen molar-refractivity contribution in [3.8, 4) is 0 Å². The molecule has 0 spiro atoms. The molecule has 10 heteroatoms. The SMILES string of the molecule is C=CCC(F)(F)[C@H](CO[C@H]1O[C@H](COCc2ccccc2)[C@H](OCc2ccccc2)[C@H](OCc2ccccc2)[C@H]1OCc1ccccc1)NC(=O)CCCCCCCCCCCCCCCCCCCCCCCCC. The van der Waals surface area contributed by atoms with Crippen LogP contribution in [0.4, 0.5) is 8.78 Å². The van der Waals surface area contributed by atoms with Gasteiger partial charge >= 0.3 is 0 Å². The summed E-state index contributed by atoms with van der Waals surface area (Å²) in [4.78, 5) is 13.5. The normalized spacial score (nSPS) is 18.1. The number of alkyl halides is 2. The van der Waals surface area contributed by atoms with E-state index in [1.54, 1.807) is 0 Å². The number of rotatable bonds is 44. The van der Waals surface area contributed by atoms with Gasteiger partial charge in [-0.2, -0.15) is 0 Å². The predicted molar refractivity (Wildman–Crippen MR) is 304 cm³/mol. The lowest BCUT2D eigenvalue weighted by Crippen LogP contribution is -2.62. The fourth-order valence-corrected chi connectivity index (χ4v) is 10.0. The molecule has 4 aromatic rings. The van der Waals surface area contributed by atoms with Crippen LogP contribution < -0.4 is 5.32 Å². The smallest absolute Gasteiger partial charge is 0.273 e. The van der Waals surface area contributed by atoms with Crippen molar-refractivity contribution in [2.24, 2.45) is 0 Å². The number of unbranched alkanes of at least 4 members (excludes halogenated alkanes) is 22. The number of nitrogens with one attached hydrogen (secondary N) is 1. The first-order valence-electron chi connectivity index (χ1n) is 29.5. The van der Waals surface area contributed by atoms with Gasteiger partial charge in [-0.25, -0.2) is 8.78 Å². The van der Waals surface area contributed by atoms with E-state index in [1.807, 2.05) is 121 Å². The van der Waals surface area contributed by atoms with Crippen molar-refractivity contribution in [3.05, 3.63) is 156 Å². The summed E-state index contributed by atoms with van der Waals surface area (Å²) in [5.74, 6) is -3.80. The van der Waals surface area contributed by atoms with Gasteiger partial charge < -0.3 is 33.7 Å². The van der Waals surface area contributed by atoms with Gasteiger partial charge in [-0.05, 0) is 28.7 Å². The van der Waals surface area contributed by atoms with Crippen LogP contribution in [-0.2, 0) is 59.6 Å². The summed E-state index contributed by atoms with van der Waals surface area (Å²) in [5, 5.41) is 2.65. The molecule has 0 unspecified atom stereocenters. The lowest BCUT2D eigenvalue weighted by Gasteiger charge is -2.46. The zero-order chi connectivity index (χ0) is 53.6. The van der Waals surface area contributed by atoms with Crippen molar-refractivity contribution in [2.45, 2.75) is 237 Å².